The van der Waals surface area contributed by atoms with Crippen LogP contribution in [0.25, 0.3) is 11.5 Å². The Morgan fingerprint density at radius 3 is 2.48 bits per heavy atom. The predicted molar refractivity (Wildman–Crippen MR) is 109 cm³/mol. The van der Waals surface area contributed by atoms with Gasteiger partial charge in [-0.15, -0.1) is 10.2 Å². The van der Waals surface area contributed by atoms with Crippen LogP contribution < -0.4 is 14.8 Å². The number of amides is 1. The maximum Gasteiger partial charge on any atom is 0.256 e. The number of nitrogens with zero attached hydrogens (tertiary/aromatic N) is 2. The number of carbonyl (C=O) groups is 1. The van der Waals surface area contributed by atoms with Gasteiger partial charge in [0.2, 0.25) is 5.89 Å². The number of thiophene rings is 1. The summed E-state index contributed by atoms with van der Waals surface area (Å²) in [6.07, 6.45) is 0. The van der Waals surface area contributed by atoms with Gasteiger partial charge in [-0.1, -0.05) is 0 Å². The van der Waals surface area contributed by atoms with Gasteiger partial charge in [0, 0.05) is 16.6 Å². The van der Waals surface area contributed by atoms with E-state index in [4.69, 9.17) is 13.9 Å². The van der Waals surface area contributed by atoms with Crippen molar-refractivity contribution in [1.82, 2.24) is 10.2 Å². The molecule has 0 unspecified atom stereocenters. The molecule has 4 aromatic rings. The number of benzene rings is 2. The van der Waals surface area contributed by atoms with Crippen LogP contribution in [-0.4, -0.2) is 23.2 Å². The number of hydrogen-bond donors (Lipinski definition) is 1. The van der Waals surface area contributed by atoms with Crippen molar-refractivity contribution in [3.63, 3.8) is 0 Å². The van der Waals surface area contributed by atoms with E-state index in [1.54, 1.807) is 42.8 Å². The fourth-order valence-corrected chi connectivity index (χ4v) is 3.17. The van der Waals surface area contributed by atoms with Crippen LogP contribution in [0, 0.1) is 0 Å². The molecule has 0 aliphatic rings. The minimum absolute atomic E-state index is 0.142. The largest absolute Gasteiger partial charge is 0.497 e. The summed E-state index contributed by atoms with van der Waals surface area (Å²) in [6.45, 7) is 0.143. The summed E-state index contributed by atoms with van der Waals surface area (Å²) in [4.78, 5) is 12.1. The molecule has 2 aromatic heterocycles. The lowest BCUT2D eigenvalue weighted by atomic mass is 10.2. The summed E-state index contributed by atoms with van der Waals surface area (Å²) >= 11 is 1.48. The number of hydrogen-bond acceptors (Lipinski definition) is 7. The highest BCUT2D eigenvalue weighted by Crippen LogP contribution is 2.22. The normalized spacial score (nSPS) is 10.5. The highest BCUT2D eigenvalue weighted by atomic mass is 32.1. The van der Waals surface area contributed by atoms with Crippen molar-refractivity contribution in [2.24, 2.45) is 0 Å². The molecular formula is C21H17N3O4S. The molecule has 8 heteroatoms. The Bertz CT molecular complexity index is 1070. The quantitative estimate of drug-likeness (QED) is 0.480. The van der Waals surface area contributed by atoms with Gasteiger partial charge in [0.25, 0.3) is 11.8 Å². The smallest absolute Gasteiger partial charge is 0.256 e. The minimum atomic E-state index is -0.142. The number of aromatic nitrogens is 2. The van der Waals surface area contributed by atoms with Gasteiger partial charge in [-0.05, 0) is 60.0 Å². The molecule has 2 aromatic carbocycles. The monoisotopic (exact) mass is 407 g/mol. The second kappa shape index (κ2) is 8.57. The molecule has 0 radical (unpaired) electrons. The fourth-order valence-electron chi connectivity index (χ4n) is 2.54. The topological polar surface area (TPSA) is 86.5 Å². The van der Waals surface area contributed by atoms with Gasteiger partial charge in [-0.3, -0.25) is 4.79 Å². The van der Waals surface area contributed by atoms with E-state index in [1.165, 1.54) is 11.3 Å². The third-order valence-electron chi connectivity index (χ3n) is 4.06. The molecule has 0 saturated heterocycles. The van der Waals surface area contributed by atoms with Crippen LogP contribution in [0.1, 0.15) is 16.2 Å². The third kappa shape index (κ3) is 4.61. The zero-order chi connectivity index (χ0) is 20.1. The summed E-state index contributed by atoms with van der Waals surface area (Å²) < 4.78 is 16.5. The molecule has 0 fully saturated rings. The molecule has 7 nitrogen and oxygen atoms in total. The molecule has 0 atom stereocenters. The summed E-state index contributed by atoms with van der Waals surface area (Å²) in [6, 6.07) is 16.2. The first-order valence-corrected chi connectivity index (χ1v) is 9.69. The van der Waals surface area contributed by atoms with E-state index < -0.39 is 0 Å². The van der Waals surface area contributed by atoms with Crippen molar-refractivity contribution in [1.29, 1.82) is 0 Å². The van der Waals surface area contributed by atoms with Crippen molar-refractivity contribution in [2.75, 3.05) is 12.4 Å². The second-order valence-corrected chi connectivity index (χ2v) is 6.79. The lowest BCUT2D eigenvalue weighted by molar-refractivity contribution is 0.102. The number of nitrogens with one attached hydrogen (secondary N) is 1. The molecule has 0 aliphatic heterocycles. The Morgan fingerprint density at radius 1 is 1.03 bits per heavy atom. The molecule has 0 bridgehead atoms. The summed E-state index contributed by atoms with van der Waals surface area (Å²) in [5, 5.41) is 14.6. The number of ether oxygens (including phenoxy) is 2. The van der Waals surface area contributed by atoms with Gasteiger partial charge < -0.3 is 19.2 Å². The maximum atomic E-state index is 12.1. The molecule has 1 N–H and O–H groups in total. The molecule has 0 aliphatic carbocycles. The molecule has 146 valence electrons. The molecular weight excluding hydrogens is 390 g/mol. The van der Waals surface area contributed by atoms with Crippen LogP contribution >= 0.6 is 11.3 Å². The van der Waals surface area contributed by atoms with E-state index in [-0.39, 0.29) is 12.5 Å². The molecule has 4 rings (SSSR count). The SMILES string of the molecule is COc1ccc(-c2nnc(COc3ccc(NC(=O)c4ccsc4)cc3)o2)cc1. The minimum Gasteiger partial charge on any atom is -0.497 e. The van der Waals surface area contributed by atoms with Crippen molar-refractivity contribution < 1.29 is 18.7 Å². The van der Waals surface area contributed by atoms with Crippen molar-refractivity contribution in [2.45, 2.75) is 6.61 Å². The molecule has 29 heavy (non-hydrogen) atoms. The van der Waals surface area contributed by atoms with Crippen LogP contribution in [-0.2, 0) is 6.61 Å². The molecule has 1 amide bonds. The highest BCUT2D eigenvalue weighted by molar-refractivity contribution is 7.08. The Morgan fingerprint density at radius 2 is 1.79 bits per heavy atom. The van der Waals surface area contributed by atoms with Crippen LogP contribution in [0.4, 0.5) is 5.69 Å². The van der Waals surface area contributed by atoms with Crippen LogP contribution in [0.2, 0.25) is 0 Å². The Labute approximate surface area is 170 Å². The zero-order valence-corrected chi connectivity index (χ0v) is 16.3. The number of methoxy groups -OCH3 is 1. The lowest BCUT2D eigenvalue weighted by Gasteiger charge is -2.06. The summed E-state index contributed by atoms with van der Waals surface area (Å²) in [7, 11) is 1.61. The van der Waals surface area contributed by atoms with Gasteiger partial charge in [0.1, 0.15) is 11.5 Å². The van der Waals surface area contributed by atoms with Gasteiger partial charge >= 0.3 is 0 Å². The standard InChI is InChI=1S/C21H17N3O4S/c1-26-17-6-2-14(3-7-17)21-24-23-19(28-21)12-27-18-8-4-16(5-9-18)22-20(25)15-10-11-29-13-15/h2-11,13H,12H2,1H3,(H,22,25). The van der Waals surface area contributed by atoms with Crippen molar-refractivity contribution in [3.8, 4) is 23.0 Å². The molecule has 0 saturated carbocycles. The molecule has 2 heterocycles. The van der Waals surface area contributed by atoms with Crippen LogP contribution in [0.3, 0.4) is 0 Å². The maximum absolute atomic E-state index is 12.1. The van der Waals surface area contributed by atoms with Crippen molar-refractivity contribution in [3.05, 3.63) is 76.8 Å². The number of rotatable bonds is 7. The van der Waals surface area contributed by atoms with Gasteiger partial charge in [0.05, 0.1) is 12.7 Å². The Kier molecular flexibility index (Phi) is 5.53. The average molecular weight is 407 g/mol. The van der Waals surface area contributed by atoms with E-state index in [0.29, 0.717) is 28.8 Å². The van der Waals surface area contributed by atoms with Crippen molar-refractivity contribution >= 4 is 22.9 Å². The van der Waals surface area contributed by atoms with Crippen LogP contribution in [0.5, 0.6) is 11.5 Å². The number of carbonyl (C=O) groups excluding carboxylic acids is 1. The average Bonchev–Trinajstić information content (AvgIpc) is 3.46. The van der Waals surface area contributed by atoms with E-state index >= 15 is 0 Å². The summed E-state index contributed by atoms with van der Waals surface area (Å²) in [5.41, 5.74) is 2.13. The van der Waals surface area contributed by atoms with Gasteiger partial charge in [0.15, 0.2) is 6.61 Å². The Balaban J connectivity index is 1.33. The first-order valence-electron chi connectivity index (χ1n) is 8.74. The summed E-state index contributed by atoms with van der Waals surface area (Å²) in [5.74, 6) is 2.02. The third-order valence-corrected chi connectivity index (χ3v) is 4.74. The van der Waals surface area contributed by atoms with Gasteiger partial charge in [-0.2, -0.15) is 11.3 Å². The van der Waals surface area contributed by atoms with E-state index in [0.717, 1.165) is 11.3 Å². The molecule has 0 spiro atoms. The first-order chi connectivity index (χ1) is 14.2. The second-order valence-electron chi connectivity index (χ2n) is 6.01. The Hall–Kier alpha value is -3.65. The fraction of sp³-hybridized carbons (Fsp3) is 0.0952. The highest BCUT2D eigenvalue weighted by Gasteiger charge is 2.10. The van der Waals surface area contributed by atoms with Crippen LogP contribution in [0.15, 0.2) is 69.8 Å². The van der Waals surface area contributed by atoms with E-state index in [1.807, 2.05) is 29.6 Å². The predicted octanol–water partition coefficient (Wildman–Crippen LogP) is 4.64. The zero-order valence-electron chi connectivity index (χ0n) is 15.5. The van der Waals surface area contributed by atoms with Gasteiger partial charge in [-0.25, -0.2) is 0 Å². The first kappa shape index (κ1) is 18.7. The van der Waals surface area contributed by atoms with E-state index in [9.17, 15) is 4.79 Å². The number of anilines is 1. The van der Waals surface area contributed by atoms with E-state index in [2.05, 4.69) is 15.5 Å². The lowest BCUT2D eigenvalue weighted by Crippen LogP contribution is -2.10.